The first kappa shape index (κ1) is 17.1. The molecule has 1 unspecified atom stereocenters. The van der Waals surface area contributed by atoms with Gasteiger partial charge in [-0.3, -0.25) is 10.5 Å². The maximum atomic E-state index is 12.0. The second-order valence-electron chi connectivity index (χ2n) is 5.30. The van der Waals surface area contributed by atoms with Gasteiger partial charge >= 0.3 is 0 Å². The van der Waals surface area contributed by atoms with Gasteiger partial charge in [-0.2, -0.15) is 5.10 Å². The fourth-order valence-electron chi connectivity index (χ4n) is 1.99. The van der Waals surface area contributed by atoms with Crippen LogP contribution in [0.2, 0.25) is 0 Å². The molecule has 0 saturated carbocycles. The summed E-state index contributed by atoms with van der Waals surface area (Å²) in [6.07, 6.45) is 3.65. The molecule has 0 aliphatic rings. The van der Waals surface area contributed by atoms with E-state index in [2.05, 4.69) is 10.5 Å². The molecule has 1 atom stereocenters. The summed E-state index contributed by atoms with van der Waals surface area (Å²) >= 11 is 0. The lowest BCUT2D eigenvalue weighted by Crippen LogP contribution is -2.48. The van der Waals surface area contributed by atoms with Crippen molar-refractivity contribution in [1.82, 2.24) is 15.2 Å². The number of aryl methyl sites for hydroxylation is 1. The van der Waals surface area contributed by atoms with Gasteiger partial charge in [0.1, 0.15) is 0 Å². The molecular weight excluding hydrogens is 280 g/mol. The van der Waals surface area contributed by atoms with Crippen molar-refractivity contribution in [1.29, 1.82) is 0 Å². The molecule has 1 aromatic heterocycles. The summed E-state index contributed by atoms with van der Waals surface area (Å²) in [5.41, 5.74) is 3.36. The smallest absolute Gasteiger partial charge is 0.154 e. The zero-order valence-corrected chi connectivity index (χ0v) is 13.3. The summed E-state index contributed by atoms with van der Waals surface area (Å²) in [7, 11) is -1.65. The Labute approximate surface area is 120 Å². The molecule has 1 aromatic rings. The molecule has 116 valence electrons. The molecule has 0 aromatic carbocycles. The summed E-state index contributed by atoms with van der Waals surface area (Å²) in [6, 6.07) is 1.24. The van der Waals surface area contributed by atoms with Crippen LogP contribution in [0.25, 0.3) is 0 Å². The van der Waals surface area contributed by atoms with Crippen LogP contribution >= 0.6 is 0 Å². The Bertz CT molecular complexity index is 525. The lowest BCUT2D eigenvalue weighted by molar-refractivity contribution is 0.188. The molecule has 0 aliphatic heterocycles. The van der Waals surface area contributed by atoms with E-state index in [1.165, 1.54) is 6.26 Å². The van der Waals surface area contributed by atoms with Crippen molar-refractivity contribution >= 4 is 9.84 Å². The van der Waals surface area contributed by atoms with Crippen LogP contribution in [0, 0.1) is 0 Å². The minimum atomic E-state index is -3.29. The third-order valence-corrected chi connectivity index (χ3v) is 5.73. The lowest BCUT2D eigenvalue weighted by atomic mass is 10.0. The van der Waals surface area contributed by atoms with E-state index in [-0.39, 0.29) is 0 Å². The maximum Gasteiger partial charge on any atom is 0.154 e. The van der Waals surface area contributed by atoms with Crippen LogP contribution in [-0.4, -0.2) is 42.9 Å². The third-order valence-electron chi connectivity index (χ3n) is 3.58. The molecule has 0 fully saturated rings. The average Bonchev–Trinajstić information content (AvgIpc) is 2.77. The Hall–Kier alpha value is -0.960. The van der Waals surface area contributed by atoms with E-state index in [0.29, 0.717) is 13.2 Å². The van der Waals surface area contributed by atoms with Crippen LogP contribution in [-0.2, 0) is 21.1 Å². The van der Waals surface area contributed by atoms with Gasteiger partial charge in [0.25, 0.3) is 0 Å². The molecule has 0 spiro atoms. The Morgan fingerprint density at radius 3 is 2.70 bits per heavy atom. The van der Waals surface area contributed by atoms with E-state index in [1.54, 1.807) is 37.9 Å². The summed E-state index contributed by atoms with van der Waals surface area (Å²) in [5.74, 6) is 5.59. The minimum absolute atomic E-state index is 0.539. The van der Waals surface area contributed by atoms with E-state index in [4.69, 9.17) is 10.6 Å². The highest BCUT2D eigenvalue weighted by molar-refractivity contribution is 7.92. The Balaban J connectivity index is 3.05. The van der Waals surface area contributed by atoms with Crippen molar-refractivity contribution in [2.45, 2.75) is 37.6 Å². The Morgan fingerprint density at radius 2 is 2.20 bits per heavy atom. The van der Waals surface area contributed by atoms with E-state index < -0.39 is 20.6 Å². The number of nitrogens with zero attached hydrogens (tertiary/aromatic N) is 2. The van der Waals surface area contributed by atoms with Gasteiger partial charge in [-0.05, 0) is 26.3 Å². The summed E-state index contributed by atoms with van der Waals surface area (Å²) in [6.45, 7) is 4.57. The Kier molecular flexibility index (Phi) is 5.69. The zero-order chi connectivity index (χ0) is 15.4. The van der Waals surface area contributed by atoms with Gasteiger partial charge in [-0.15, -0.1) is 0 Å². The summed E-state index contributed by atoms with van der Waals surface area (Å²) < 4.78 is 29.7. The van der Waals surface area contributed by atoms with E-state index in [0.717, 1.165) is 12.1 Å². The number of sulfone groups is 1. The highest BCUT2D eigenvalue weighted by Crippen LogP contribution is 2.31. The second kappa shape index (κ2) is 6.66. The van der Waals surface area contributed by atoms with Gasteiger partial charge in [-0.1, -0.05) is 0 Å². The highest BCUT2D eigenvalue weighted by atomic mass is 32.2. The van der Waals surface area contributed by atoms with Crippen LogP contribution < -0.4 is 11.3 Å². The molecule has 7 nitrogen and oxygen atoms in total. The molecule has 8 heteroatoms. The van der Waals surface area contributed by atoms with Crippen LogP contribution in [0.4, 0.5) is 0 Å². The van der Waals surface area contributed by atoms with Gasteiger partial charge in [0.05, 0.1) is 16.5 Å². The molecule has 0 aliphatic carbocycles. The van der Waals surface area contributed by atoms with E-state index in [1.807, 2.05) is 0 Å². The normalized spacial score (nSPS) is 14.4. The number of aromatic nitrogens is 2. The van der Waals surface area contributed by atoms with E-state index >= 15 is 0 Å². The molecule has 1 heterocycles. The van der Waals surface area contributed by atoms with Crippen molar-refractivity contribution in [3.05, 3.63) is 18.0 Å². The van der Waals surface area contributed by atoms with Crippen LogP contribution in [0.5, 0.6) is 0 Å². The number of hydrogen-bond acceptors (Lipinski definition) is 6. The number of rotatable bonds is 8. The van der Waals surface area contributed by atoms with Crippen LogP contribution in [0.15, 0.2) is 12.3 Å². The van der Waals surface area contributed by atoms with Crippen molar-refractivity contribution in [2.24, 2.45) is 5.84 Å². The number of nitrogens with two attached hydrogens (primary N) is 1. The number of nitrogens with one attached hydrogen (secondary N) is 1. The molecule has 0 saturated heterocycles. The first-order chi connectivity index (χ1) is 9.25. The summed E-state index contributed by atoms with van der Waals surface area (Å²) in [4.78, 5) is 0. The number of ether oxygens (including phenoxy) is 1. The standard InChI is InChI=1S/C12H24N4O3S/c1-12(2,20(4,17)18)11(15-13)10-6-7-14-16(10)8-5-9-19-3/h6-7,11,15H,5,8-9,13H2,1-4H3. The number of hydrazine groups is 1. The van der Waals surface area contributed by atoms with Crippen molar-refractivity contribution in [3.63, 3.8) is 0 Å². The van der Waals surface area contributed by atoms with Gasteiger partial charge in [-0.25, -0.2) is 13.8 Å². The minimum Gasteiger partial charge on any atom is -0.385 e. The SMILES string of the molecule is COCCCn1nccc1C(NN)C(C)(C)S(C)(=O)=O. The van der Waals surface area contributed by atoms with Crippen LogP contribution in [0.3, 0.4) is 0 Å². The number of hydrogen-bond donors (Lipinski definition) is 2. The lowest BCUT2D eigenvalue weighted by Gasteiger charge is -2.32. The van der Waals surface area contributed by atoms with Crippen LogP contribution in [0.1, 0.15) is 32.0 Å². The predicted octanol–water partition coefficient (Wildman–Crippen LogP) is 0.247. The summed E-state index contributed by atoms with van der Waals surface area (Å²) in [5, 5.41) is 4.22. The highest BCUT2D eigenvalue weighted by Gasteiger charge is 2.41. The molecule has 0 amide bonds. The molecule has 0 bridgehead atoms. The van der Waals surface area contributed by atoms with Gasteiger partial charge < -0.3 is 4.74 Å². The average molecular weight is 304 g/mol. The topological polar surface area (TPSA) is 99.2 Å². The van der Waals surface area contributed by atoms with Gasteiger partial charge in [0.15, 0.2) is 9.84 Å². The molecular formula is C12H24N4O3S. The fraction of sp³-hybridized carbons (Fsp3) is 0.750. The first-order valence-electron chi connectivity index (χ1n) is 6.42. The number of methoxy groups -OCH3 is 1. The predicted molar refractivity (Wildman–Crippen MR) is 77.7 cm³/mol. The molecule has 20 heavy (non-hydrogen) atoms. The molecule has 0 radical (unpaired) electrons. The first-order valence-corrected chi connectivity index (χ1v) is 8.31. The van der Waals surface area contributed by atoms with E-state index in [9.17, 15) is 8.42 Å². The third kappa shape index (κ3) is 3.57. The fourth-order valence-corrected chi connectivity index (χ4v) is 2.61. The van der Waals surface area contributed by atoms with Crippen molar-refractivity contribution in [3.8, 4) is 0 Å². The van der Waals surface area contributed by atoms with Gasteiger partial charge in [0, 0.05) is 32.7 Å². The van der Waals surface area contributed by atoms with Crippen molar-refractivity contribution in [2.75, 3.05) is 20.0 Å². The Morgan fingerprint density at radius 1 is 1.55 bits per heavy atom. The molecule has 3 N–H and O–H groups in total. The van der Waals surface area contributed by atoms with Gasteiger partial charge in [0.2, 0.25) is 0 Å². The second-order valence-corrected chi connectivity index (χ2v) is 7.90. The quantitative estimate of drug-likeness (QED) is 0.406. The zero-order valence-electron chi connectivity index (χ0n) is 12.5. The van der Waals surface area contributed by atoms with Crippen molar-refractivity contribution < 1.29 is 13.2 Å². The monoisotopic (exact) mass is 304 g/mol. The molecule has 1 rings (SSSR count). The maximum absolute atomic E-state index is 12.0. The largest absolute Gasteiger partial charge is 0.385 e.